The lowest BCUT2D eigenvalue weighted by Gasteiger charge is -2.30. The summed E-state index contributed by atoms with van der Waals surface area (Å²) < 4.78 is 3.37. The third kappa shape index (κ3) is 2.60. The minimum absolute atomic E-state index is 0.0460. The van der Waals surface area contributed by atoms with Crippen LogP contribution in [0.3, 0.4) is 0 Å². The number of hydrogen-bond donors (Lipinski definition) is 0. The molecule has 0 saturated heterocycles. The summed E-state index contributed by atoms with van der Waals surface area (Å²) in [7, 11) is 3.61. The van der Waals surface area contributed by atoms with E-state index in [0.29, 0.717) is 27.7 Å². The van der Waals surface area contributed by atoms with Crippen LogP contribution in [0.4, 0.5) is 0 Å². The van der Waals surface area contributed by atoms with Crippen molar-refractivity contribution in [1.29, 1.82) is 0 Å². The Morgan fingerprint density at radius 3 is 2.35 bits per heavy atom. The van der Waals surface area contributed by atoms with E-state index in [4.69, 9.17) is 0 Å². The zero-order valence-corrected chi connectivity index (χ0v) is 15.5. The second-order valence-corrected chi connectivity index (χ2v) is 7.52. The van der Waals surface area contributed by atoms with E-state index in [1.54, 1.807) is 31.4 Å². The number of hydrogen-bond acceptors (Lipinski definition) is 4. The zero-order valence-electron chi connectivity index (χ0n) is 15.5. The minimum Gasteiger partial charge on any atom is -0.316 e. The molecule has 1 fully saturated rings. The van der Waals surface area contributed by atoms with Gasteiger partial charge in [-0.15, -0.1) is 0 Å². The van der Waals surface area contributed by atoms with Gasteiger partial charge in [-0.1, -0.05) is 19.8 Å². The van der Waals surface area contributed by atoms with Gasteiger partial charge in [0, 0.05) is 32.5 Å². The van der Waals surface area contributed by atoms with Crippen LogP contribution < -0.4 is 16.1 Å². The highest BCUT2D eigenvalue weighted by Crippen LogP contribution is 2.32. The average Bonchev–Trinajstić information content (AvgIpc) is 2.62. The summed E-state index contributed by atoms with van der Waals surface area (Å²) in [6.07, 6.45) is 8.14. The van der Waals surface area contributed by atoms with Gasteiger partial charge in [0.15, 0.2) is 0 Å². The highest BCUT2D eigenvalue weighted by molar-refractivity contribution is 5.91. The Hall–Kier alpha value is -2.63. The standard InChI is InChI=1S/C20H24N4O2/c1-13-6-4-5-7-18(13)23-10-8-16-14(19(23)25)12-15-17(21-16)9-11-24(20(15)26)22(2)3/h8-13,18H,4-7H2,1-3H3/t13-,18-/m1/s1. The van der Waals surface area contributed by atoms with Crippen molar-refractivity contribution in [3.63, 3.8) is 0 Å². The Kier molecular flexibility index (Phi) is 4.05. The van der Waals surface area contributed by atoms with Crippen LogP contribution in [0, 0.1) is 5.92 Å². The van der Waals surface area contributed by atoms with Crippen molar-refractivity contribution in [2.24, 2.45) is 5.92 Å². The molecule has 0 spiro atoms. The van der Waals surface area contributed by atoms with Crippen molar-refractivity contribution in [2.45, 2.75) is 38.6 Å². The predicted octanol–water partition coefficient (Wildman–Crippen LogP) is 2.66. The maximum absolute atomic E-state index is 13.2. The predicted molar refractivity (Wildman–Crippen MR) is 105 cm³/mol. The molecule has 1 aliphatic carbocycles. The van der Waals surface area contributed by atoms with Crippen LogP contribution in [0.25, 0.3) is 21.8 Å². The molecule has 0 N–H and O–H groups in total. The van der Waals surface area contributed by atoms with E-state index in [0.717, 1.165) is 19.3 Å². The molecule has 136 valence electrons. The van der Waals surface area contributed by atoms with Crippen LogP contribution in [0.15, 0.2) is 40.2 Å². The molecule has 3 aromatic heterocycles. The smallest absolute Gasteiger partial charge is 0.278 e. The van der Waals surface area contributed by atoms with Crippen LogP contribution in [-0.4, -0.2) is 28.3 Å². The number of nitrogens with zero attached hydrogens (tertiary/aromatic N) is 4. The molecule has 2 atom stereocenters. The second-order valence-electron chi connectivity index (χ2n) is 7.52. The van der Waals surface area contributed by atoms with Gasteiger partial charge in [-0.2, -0.15) is 0 Å². The number of rotatable bonds is 2. The first-order valence-electron chi connectivity index (χ1n) is 9.22. The van der Waals surface area contributed by atoms with Gasteiger partial charge in [0.05, 0.1) is 21.8 Å². The minimum atomic E-state index is -0.164. The third-order valence-corrected chi connectivity index (χ3v) is 5.61. The number of fused-ring (bicyclic) bond motifs is 2. The van der Waals surface area contributed by atoms with E-state index in [1.165, 1.54) is 11.1 Å². The summed E-state index contributed by atoms with van der Waals surface area (Å²) in [6, 6.07) is 5.65. The van der Waals surface area contributed by atoms with E-state index >= 15 is 0 Å². The van der Waals surface area contributed by atoms with Crippen molar-refractivity contribution in [3.8, 4) is 0 Å². The maximum Gasteiger partial charge on any atom is 0.278 e. The highest BCUT2D eigenvalue weighted by atomic mass is 16.1. The highest BCUT2D eigenvalue weighted by Gasteiger charge is 2.24. The van der Waals surface area contributed by atoms with Crippen LogP contribution in [0.5, 0.6) is 0 Å². The Labute approximate surface area is 151 Å². The topological polar surface area (TPSA) is 60.1 Å². The molecule has 0 bridgehead atoms. The third-order valence-electron chi connectivity index (χ3n) is 5.61. The molecule has 3 aromatic rings. The fourth-order valence-corrected chi connectivity index (χ4v) is 4.12. The van der Waals surface area contributed by atoms with Gasteiger partial charge in [0.2, 0.25) is 0 Å². The molecule has 6 nitrogen and oxygen atoms in total. The fraction of sp³-hybridized carbons (Fsp3) is 0.450. The maximum atomic E-state index is 13.2. The van der Waals surface area contributed by atoms with E-state index < -0.39 is 0 Å². The first kappa shape index (κ1) is 16.8. The van der Waals surface area contributed by atoms with Gasteiger partial charge >= 0.3 is 0 Å². The quantitative estimate of drug-likeness (QED) is 0.665. The number of aromatic nitrogens is 3. The molecular weight excluding hydrogens is 328 g/mol. The number of pyridine rings is 3. The Bertz CT molecular complexity index is 1100. The normalized spacial score (nSPS) is 20.6. The fourth-order valence-electron chi connectivity index (χ4n) is 4.12. The van der Waals surface area contributed by atoms with Crippen LogP contribution in [-0.2, 0) is 0 Å². The van der Waals surface area contributed by atoms with Gasteiger partial charge in [-0.25, -0.2) is 9.66 Å². The first-order valence-corrected chi connectivity index (χ1v) is 9.22. The van der Waals surface area contributed by atoms with Crippen LogP contribution >= 0.6 is 0 Å². The molecule has 0 radical (unpaired) electrons. The molecule has 0 aromatic carbocycles. The van der Waals surface area contributed by atoms with Crippen molar-refractivity contribution < 1.29 is 0 Å². The summed E-state index contributed by atoms with van der Waals surface area (Å²) in [6.45, 7) is 2.22. The summed E-state index contributed by atoms with van der Waals surface area (Å²) in [5.41, 5.74) is 1.05. The summed E-state index contributed by atoms with van der Waals surface area (Å²) in [5.74, 6) is 0.485. The largest absolute Gasteiger partial charge is 0.316 e. The van der Waals surface area contributed by atoms with Gasteiger partial charge in [0.1, 0.15) is 0 Å². The SMILES string of the molecule is C[C@@H]1CCCC[C@H]1n1ccc2nc3ccn(N(C)C)c(=O)c3cc2c1=O. The molecule has 1 aliphatic rings. The summed E-state index contributed by atoms with van der Waals surface area (Å²) in [4.78, 5) is 30.4. The Balaban J connectivity index is 1.95. The lowest BCUT2D eigenvalue weighted by atomic mass is 9.85. The lowest BCUT2D eigenvalue weighted by molar-refractivity contribution is 0.253. The van der Waals surface area contributed by atoms with Gasteiger partial charge in [-0.05, 0) is 37.0 Å². The second kappa shape index (κ2) is 6.27. The lowest BCUT2D eigenvalue weighted by Crippen LogP contribution is -2.35. The Morgan fingerprint density at radius 2 is 1.65 bits per heavy atom. The molecule has 0 unspecified atom stereocenters. The van der Waals surface area contributed by atoms with E-state index in [-0.39, 0.29) is 17.2 Å². The van der Waals surface area contributed by atoms with Crippen molar-refractivity contribution in [2.75, 3.05) is 19.1 Å². The van der Waals surface area contributed by atoms with E-state index in [9.17, 15) is 9.59 Å². The molecule has 1 saturated carbocycles. The van der Waals surface area contributed by atoms with Gasteiger partial charge < -0.3 is 9.58 Å². The van der Waals surface area contributed by atoms with E-state index in [1.807, 2.05) is 22.9 Å². The first-order chi connectivity index (χ1) is 12.5. The molecule has 3 heterocycles. The monoisotopic (exact) mass is 352 g/mol. The van der Waals surface area contributed by atoms with Crippen LogP contribution in [0.1, 0.15) is 38.6 Å². The Morgan fingerprint density at radius 1 is 1.00 bits per heavy atom. The van der Waals surface area contributed by atoms with Crippen molar-refractivity contribution in [3.05, 3.63) is 51.3 Å². The average molecular weight is 352 g/mol. The van der Waals surface area contributed by atoms with E-state index in [2.05, 4.69) is 11.9 Å². The molecule has 26 heavy (non-hydrogen) atoms. The summed E-state index contributed by atoms with van der Waals surface area (Å²) >= 11 is 0. The summed E-state index contributed by atoms with van der Waals surface area (Å²) in [5, 5.41) is 2.70. The van der Waals surface area contributed by atoms with Crippen molar-refractivity contribution in [1.82, 2.24) is 14.2 Å². The van der Waals surface area contributed by atoms with Gasteiger partial charge in [-0.3, -0.25) is 9.59 Å². The molecule has 4 rings (SSSR count). The zero-order chi connectivity index (χ0) is 18.4. The van der Waals surface area contributed by atoms with Gasteiger partial charge in [0.25, 0.3) is 11.1 Å². The molecule has 0 amide bonds. The molecule has 6 heteroatoms. The van der Waals surface area contributed by atoms with Crippen molar-refractivity contribution >= 4 is 21.8 Å². The molecule has 0 aliphatic heterocycles. The van der Waals surface area contributed by atoms with Crippen LogP contribution in [0.2, 0.25) is 0 Å². The molecular formula is C20H24N4O2.